The largest absolute Gasteiger partial charge is 0.497 e. The maximum absolute atomic E-state index is 14.4. The molecular formula is C33H43FN6O2. The number of rotatable bonds is 6. The molecule has 9 heteroatoms. The van der Waals surface area contributed by atoms with Crippen molar-refractivity contribution in [3.8, 4) is 5.75 Å². The Morgan fingerprint density at radius 3 is 2.76 bits per heavy atom. The Morgan fingerprint density at radius 2 is 2.05 bits per heavy atom. The van der Waals surface area contributed by atoms with E-state index in [-0.39, 0.29) is 11.4 Å². The summed E-state index contributed by atoms with van der Waals surface area (Å²) >= 11 is 0. The number of ether oxygens (including phenoxy) is 1. The molecule has 224 valence electrons. The molecule has 2 N–H and O–H groups in total. The van der Waals surface area contributed by atoms with Crippen LogP contribution >= 0.6 is 0 Å². The Bertz CT molecular complexity index is 1550. The minimum Gasteiger partial charge on any atom is -0.497 e. The van der Waals surface area contributed by atoms with Gasteiger partial charge < -0.3 is 20.3 Å². The van der Waals surface area contributed by atoms with Crippen LogP contribution in [0.15, 0.2) is 52.5 Å². The first-order valence-corrected chi connectivity index (χ1v) is 15.3. The van der Waals surface area contributed by atoms with E-state index in [1.54, 1.807) is 23.0 Å². The molecule has 0 radical (unpaired) electrons. The van der Waals surface area contributed by atoms with E-state index in [4.69, 9.17) is 9.73 Å². The first-order valence-electron chi connectivity index (χ1n) is 15.3. The first-order chi connectivity index (χ1) is 20.1. The van der Waals surface area contributed by atoms with Crippen molar-refractivity contribution in [1.82, 2.24) is 19.8 Å². The third kappa shape index (κ3) is 5.39. The van der Waals surface area contributed by atoms with Crippen molar-refractivity contribution in [1.29, 1.82) is 0 Å². The molecule has 3 saturated carbocycles. The van der Waals surface area contributed by atoms with E-state index < -0.39 is 0 Å². The van der Waals surface area contributed by atoms with Gasteiger partial charge in [0.25, 0.3) is 5.56 Å². The zero-order chi connectivity index (χ0) is 29.6. The average Bonchev–Trinajstić information content (AvgIpc) is 2.97. The molecule has 5 atom stereocenters. The van der Waals surface area contributed by atoms with E-state index in [2.05, 4.69) is 48.2 Å². The molecule has 1 aliphatic heterocycles. The SMILES string of the molecule is COc1ccc(CCn2cnc3cc(NC(=NC4CC5CC(C4C)C5(C)C)N4CCNC(C)C4)ccc3c2=O)c(F)c1. The summed E-state index contributed by atoms with van der Waals surface area (Å²) in [6.45, 7) is 12.5. The fourth-order valence-electron chi connectivity index (χ4n) is 7.39. The van der Waals surface area contributed by atoms with Gasteiger partial charge in [-0.15, -0.1) is 0 Å². The summed E-state index contributed by atoms with van der Waals surface area (Å²) in [5.74, 6) is 3.05. The van der Waals surface area contributed by atoms with Gasteiger partial charge in [-0.05, 0) is 79.2 Å². The van der Waals surface area contributed by atoms with Gasteiger partial charge in [-0.3, -0.25) is 9.36 Å². The lowest BCUT2D eigenvalue weighted by Crippen LogP contribution is -2.57. The lowest BCUT2D eigenvalue weighted by Gasteiger charge is -2.61. The highest BCUT2D eigenvalue weighted by Crippen LogP contribution is 2.61. The number of nitrogens with zero attached hydrogens (tertiary/aromatic N) is 4. The van der Waals surface area contributed by atoms with Gasteiger partial charge in [0.2, 0.25) is 0 Å². The highest BCUT2D eigenvalue weighted by molar-refractivity contribution is 5.96. The molecule has 0 spiro atoms. The maximum atomic E-state index is 14.4. The molecule has 4 aliphatic rings. The van der Waals surface area contributed by atoms with Crippen molar-refractivity contribution in [3.63, 3.8) is 0 Å². The number of benzene rings is 2. The molecule has 2 heterocycles. The second kappa shape index (κ2) is 11.3. The summed E-state index contributed by atoms with van der Waals surface area (Å²) in [6, 6.07) is 11.2. The molecule has 2 aromatic carbocycles. The van der Waals surface area contributed by atoms with Gasteiger partial charge in [-0.2, -0.15) is 0 Å². The third-order valence-electron chi connectivity index (χ3n) is 10.2. The van der Waals surface area contributed by atoms with Crippen molar-refractivity contribution in [2.75, 3.05) is 32.1 Å². The maximum Gasteiger partial charge on any atom is 0.261 e. The van der Waals surface area contributed by atoms with Crippen molar-refractivity contribution in [2.24, 2.45) is 28.2 Å². The molecule has 42 heavy (non-hydrogen) atoms. The highest BCUT2D eigenvalue weighted by Gasteiger charge is 2.56. The number of fused-ring (bicyclic) bond motifs is 3. The Kier molecular flexibility index (Phi) is 7.72. The van der Waals surface area contributed by atoms with Gasteiger partial charge in [0, 0.05) is 44.0 Å². The second-order valence-corrected chi connectivity index (χ2v) is 13.1. The number of hydrogen-bond donors (Lipinski definition) is 2. The number of piperazine rings is 1. The topological polar surface area (TPSA) is 83.8 Å². The van der Waals surface area contributed by atoms with Crippen molar-refractivity contribution in [2.45, 2.75) is 65.6 Å². The van der Waals surface area contributed by atoms with Crippen LogP contribution in [-0.4, -0.2) is 59.2 Å². The Balaban J connectivity index is 1.22. The summed E-state index contributed by atoms with van der Waals surface area (Å²) in [6.07, 6.45) is 4.40. The lowest BCUT2D eigenvalue weighted by atomic mass is 9.45. The molecule has 3 aliphatic carbocycles. The second-order valence-electron chi connectivity index (χ2n) is 13.1. The lowest BCUT2D eigenvalue weighted by molar-refractivity contribution is -0.108. The summed E-state index contributed by atoms with van der Waals surface area (Å²) in [5, 5.41) is 7.70. The van der Waals surface area contributed by atoms with Gasteiger partial charge in [-0.1, -0.05) is 26.8 Å². The number of aryl methyl sites for hydroxylation is 2. The highest BCUT2D eigenvalue weighted by atomic mass is 19.1. The predicted molar refractivity (Wildman–Crippen MR) is 166 cm³/mol. The molecule has 3 aromatic rings. The fraction of sp³-hybridized carbons (Fsp3) is 0.545. The number of methoxy groups -OCH3 is 1. The van der Waals surface area contributed by atoms with E-state index in [0.29, 0.717) is 58.6 Å². The van der Waals surface area contributed by atoms with Crippen LogP contribution in [0.3, 0.4) is 0 Å². The Labute approximate surface area is 247 Å². The van der Waals surface area contributed by atoms with Gasteiger partial charge in [0.1, 0.15) is 11.6 Å². The minimum atomic E-state index is -0.341. The van der Waals surface area contributed by atoms with Crippen LogP contribution < -0.4 is 20.9 Å². The van der Waals surface area contributed by atoms with Crippen molar-refractivity contribution >= 4 is 22.5 Å². The van der Waals surface area contributed by atoms with Crippen LogP contribution in [0.25, 0.3) is 10.9 Å². The molecule has 2 bridgehead atoms. The fourth-order valence-corrected chi connectivity index (χ4v) is 7.39. The van der Waals surface area contributed by atoms with E-state index in [1.807, 2.05) is 18.2 Å². The van der Waals surface area contributed by atoms with Gasteiger partial charge in [0.05, 0.1) is 30.4 Å². The van der Waals surface area contributed by atoms with E-state index >= 15 is 0 Å². The summed E-state index contributed by atoms with van der Waals surface area (Å²) < 4.78 is 21.0. The molecule has 7 rings (SSSR count). The van der Waals surface area contributed by atoms with Gasteiger partial charge in [-0.25, -0.2) is 14.4 Å². The van der Waals surface area contributed by atoms with Crippen molar-refractivity contribution in [3.05, 3.63) is 64.5 Å². The van der Waals surface area contributed by atoms with Crippen LogP contribution in [0.5, 0.6) is 5.75 Å². The van der Waals surface area contributed by atoms with E-state index in [0.717, 1.165) is 49.5 Å². The molecular weight excluding hydrogens is 531 g/mol. The monoisotopic (exact) mass is 574 g/mol. The molecule has 0 amide bonds. The van der Waals surface area contributed by atoms with Gasteiger partial charge >= 0.3 is 0 Å². The molecule has 1 saturated heterocycles. The minimum absolute atomic E-state index is 0.136. The van der Waals surface area contributed by atoms with Crippen LogP contribution in [0.1, 0.15) is 46.1 Å². The molecule has 4 fully saturated rings. The molecule has 1 aromatic heterocycles. The normalized spacial score (nSPS) is 27.0. The van der Waals surface area contributed by atoms with E-state index in [9.17, 15) is 9.18 Å². The Hall–Kier alpha value is -3.46. The quantitative estimate of drug-likeness (QED) is 0.321. The predicted octanol–water partition coefficient (Wildman–Crippen LogP) is 4.92. The molecule has 5 unspecified atom stereocenters. The number of aliphatic imine (C=N–C) groups is 1. The number of anilines is 1. The number of hydrogen-bond acceptors (Lipinski definition) is 5. The Morgan fingerprint density at radius 1 is 1.21 bits per heavy atom. The zero-order valence-corrected chi connectivity index (χ0v) is 25.4. The third-order valence-corrected chi connectivity index (χ3v) is 10.2. The van der Waals surface area contributed by atoms with Crippen molar-refractivity contribution < 1.29 is 9.13 Å². The summed E-state index contributed by atoms with van der Waals surface area (Å²) in [7, 11) is 1.51. The number of aromatic nitrogens is 2. The molecule has 8 nitrogen and oxygen atoms in total. The average molecular weight is 575 g/mol. The van der Waals surface area contributed by atoms with Crippen LogP contribution in [0.2, 0.25) is 0 Å². The van der Waals surface area contributed by atoms with Crippen LogP contribution in [-0.2, 0) is 13.0 Å². The zero-order valence-electron chi connectivity index (χ0n) is 25.4. The van der Waals surface area contributed by atoms with Crippen LogP contribution in [0, 0.1) is 29.0 Å². The smallest absolute Gasteiger partial charge is 0.261 e. The number of guanidine groups is 1. The summed E-state index contributed by atoms with van der Waals surface area (Å²) in [5.41, 5.74) is 2.31. The number of nitrogens with one attached hydrogen (secondary N) is 2. The van der Waals surface area contributed by atoms with E-state index in [1.165, 1.54) is 19.6 Å². The number of halogens is 1. The summed E-state index contributed by atoms with van der Waals surface area (Å²) in [4.78, 5) is 25.6. The first kappa shape index (κ1) is 28.6. The van der Waals surface area contributed by atoms with Gasteiger partial charge in [0.15, 0.2) is 5.96 Å². The standard InChI is InChI=1S/C33H43FN6O2/c1-20-18-39(13-11-35-20)32(38-29-15-23-14-27(21(29)2)33(23,3)4)37-24-7-9-26-30(16-24)36-19-40(31(26)41)12-10-22-6-8-25(42-5)17-28(22)34/h6-9,16-17,19-21,23,27,29,35H,10-15,18H2,1-5H3,(H,37,38). The van der Waals surface area contributed by atoms with Crippen LogP contribution in [0.4, 0.5) is 10.1 Å².